The Morgan fingerprint density at radius 2 is 2.21 bits per heavy atom. The van der Waals surface area contributed by atoms with Crippen LogP contribution in [0.3, 0.4) is 0 Å². The molecule has 0 unspecified atom stereocenters. The normalized spacial score (nSPS) is 9.93. The number of halogens is 1. The number of carbonyl (C=O) groups excluding carboxylic acids is 2. The maximum absolute atomic E-state index is 11.1. The van der Waals surface area contributed by atoms with E-state index in [0.717, 1.165) is 0 Å². The van der Waals surface area contributed by atoms with E-state index in [-0.39, 0.29) is 22.9 Å². The minimum absolute atomic E-state index is 0.00502. The molecule has 14 heavy (non-hydrogen) atoms. The summed E-state index contributed by atoms with van der Waals surface area (Å²) in [7, 11) is 1.23. The molecule has 6 heteroatoms. The van der Waals surface area contributed by atoms with Crippen LogP contribution in [0.5, 0.6) is 0 Å². The monoisotopic (exact) mass is 216 g/mol. The van der Waals surface area contributed by atoms with Gasteiger partial charge in [0.15, 0.2) is 5.69 Å². The van der Waals surface area contributed by atoms with Gasteiger partial charge in [0, 0.05) is 6.42 Å². The van der Waals surface area contributed by atoms with Gasteiger partial charge < -0.3 is 4.74 Å². The molecular weight excluding hydrogens is 208 g/mol. The number of hydrogen-bond donors (Lipinski definition) is 1. The fraction of sp³-hybridized carbons (Fsp3) is 0.375. The Balaban J connectivity index is 2.96. The summed E-state index contributed by atoms with van der Waals surface area (Å²) in [5.41, 5.74) is 0.435. The van der Waals surface area contributed by atoms with Crippen molar-refractivity contribution < 1.29 is 14.3 Å². The van der Waals surface area contributed by atoms with Crippen LogP contribution in [-0.2, 0) is 16.0 Å². The molecule has 1 aromatic rings. The largest absolute Gasteiger partial charge is 0.464 e. The minimum Gasteiger partial charge on any atom is -0.464 e. The molecule has 0 aromatic carbocycles. The van der Waals surface area contributed by atoms with Crippen LogP contribution in [0.1, 0.15) is 23.1 Å². The van der Waals surface area contributed by atoms with Crippen LogP contribution >= 0.6 is 11.6 Å². The van der Waals surface area contributed by atoms with Crippen molar-refractivity contribution in [3.8, 4) is 0 Å². The first-order valence-electron chi connectivity index (χ1n) is 3.86. The first-order chi connectivity index (χ1) is 6.56. The van der Waals surface area contributed by atoms with Crippen LogP contribution in [0, 0.1) is 0 Å². The molecule has 1 aromatic heterocycles. The first kappa shape index (κ1) is 10.7. The second-order valence-electron chi connectivity index (χ2n) is 2.74. The van der Waals surface area contributed by atoms with Gasteiger partial charge in [0.1, 0.15) is 5.78 Å². The maximum atomic E-state index is 11.1. The van der Waals surface area contributed by atoms with Gasteiger partial charge in [-0.1, -0.05) is 11.6 Å². The number of carbonyl (C=O) groups is 2. The van der Waals surface area contributed by atoms with E-state index in [0.29, 0.717) is 5.69 Å². The Bertz CT molecular complexity index is 373. The third kappa shape index (κ3) is 2.11. The number of nitrogens with zero attached hydrogens (tertiary/aromatic N) is 1. The Morgan fingerprint density at radius 3 is 2.71 bits per heavy atom. The van der Waals surface area contributed by atoms with Gasteiger partial charge in [-0.15, -0.1) is 0 Å². The molecule has 0 bridgehead atoms. The average Bonchev–Trinajstić information content (AvgIpc) is 2.46. The smallest absolute Gasteiger partial charge is 0.360 e. The predicted octanol–water partition coefficient (Wildman–Crippen LogP) is 0.981. The lowest BCUT2D eigenvalue weighted by molar-refractivity contribution is -0.116. The quantitative estimate of drug-likeness (QED) is 0.765. The number of methoxy groups -OCH3 is 1. The predicted molar refractivity (Wildman–Crippen MR) is 49.3 cm³/mol. The van der Waals surface area contributed by atoms with Crippen molar-refractivity contribution in [3.63, 3.8) is 0 Å². The zero-order chi connectivity index (χ0) is 10.7. The van der Waals surface area contributed by atoms with Crippen LogP contribution < -0.4 is 0 Å². The molecule has 0 aliphatic carbocycles. The van der Waals surface area contributed by atoms with Gasteiger partial charge >= 0.3 is 5.97 Å². The summed E-state index contributed by atoms with van der Waals surface area (Å²) in [5.74, 6) is -0.687. The van der Waals surface area contributed by atoms with Crippen LogP contribution in [0.15, 0.2) is 0 Å². The number of ether oxygens (including phenoxy) is 1. The fourth-order valence-corrected chi connectivity index (χ4v) is 1.19. The maximum Gasteiger partial charge on any atom is 0.360 e. The summed E-state index contributed by atoms with van der Waals surface area (Å²) in [6, 6.07) is 0. The van der Waals surface area contributed by atoms with Crippen LogP contribution in [-0.4, -0.2) is 29.1 Å². The highest BCUT2D eigenvalue weighted by atomic mass is 35.5. The molecule has 0 radical (unpaired) electrons. The van der Waals surface area contributed by atoms with Crippen molar-refractivity contribution in [2.24, 2.45) is 0 Å². The molecule has 0 amide bonds. The third-order valence-corrected chi connectivity index (χ3v) is 1.99. The zero-order valence-electron chi connectivity index (χ0n) is 7.76. The molecular formula is C8H9ClN2O3. The standard InChI is InChI=1S/C8H9ClN2O3/c1-4(12)3-5-6(9)7(11-10-5)8(13)14-2/h3H2,1-2H3,(H,10,11). The molecule has 1 heterocycles. The number of rotatable bonds is 3. The molecule has 1 rings (SSSR count). The highest BCUT2D eigenvalue weighted by Gasteiger charge is 2.18. The SMILES string of the molecule is COC(=O)c1n[nH]c(CC(C)=O)c1Cl. The Labute approximate surface area is 85.4 Å². The molecule has 0 aliphatic rings. The van der Waals surface area contributed by atoms with E-state index in [4.69, 9.17) is 11.6 Å². The molecule has 5 nitrogen and oxygen atoms in total. The van der Waals surface area contributed by atoms with Gasteiger partial charge in [0.25, 0.3) is 0 Å². The summed E-state index contributed by atoms with van der Waals surface area (Å²) in [6.45, 7) is 1.43. The number of nitrogens with one attached hydrogen (secondary N) is 1. The zero-order valence-corrected chi connectivity index (χ0v) is 8.51. The van der Waals surface area contributed by atoms with E-state index in [9.17, 15) is 9.59 Å². The van der Waals surface area contributed by atoms with Crippen LogP contribution in [0.25, 0.3) is 0 Å². The minimum atomic E-state index is -0.624. The number of H-pyrrole nitrogens is 1. The van der Waals surface area contributed by atoms with Crippen molar-refractivity contribution in [2.75, 3.05) is 7.11 Å². The Hall–Kier alpha value is -1.36. The molecule has 0 fully saturated rings. The van der Waals surface area contributed by atoms with E-state index in [1.165, 1.54) is 14.0 Å². The molecule has 0 saturated heterocycles. The molecule has 0 atom stereocenters. The molecule has 1 N–H and O–H groups in total. The van der Waals surface area contributed by atoms with Gasteiger partial charge in [-0.25, -0.2) is 4.79 Å². The van der Waals surface area contributed by atoms with Crippen LogP contribution in [0.2, 0.25) is 5.02 Å². The van der Waals surface area contributed by atoms with Crippen molar-refractivity contribution in [3.05, 3.63) is 16.4 Å². The second-order valence-corrected chi connectivity index (χ2v) is 3.11. The Kier molecular flexibility index (Phi) is 3.24. The van der Waals surface area contributed by atoms with E-state index in [2.05, 4.69) is 14.9 Å². The summed E-state index contributed by atoms with van der Waals surface area (Å²) in [5, 5.41) is 6.32. The van der Waals surface area contributed by atoms with Crippen molar-refractivity contribution in [1.29, 1.82) is 0 Å². The van der Waals surface area contributed by atoms with Gasteiger partial charge in [-0.3, -0.25) is 9.89 Å². The summed E-state index contributed by atoms with van der Waals surface area (Å²) in [6.07, 6.45) is 0.128. The van der Waals surface area contributed by atoms with Crippen molar-refractivity contribution in [2.45, 2.75) is 13.3 Å². The van der Waals surface area contributed by atoms with E-state index < -0.39 is 5.97 Å². The van der Waals surface area contributed by atoms with E-state index >= 15 is 0 Å². The molecule has 0 spiro atoms. The Morgan fingerprint density at radius 1 is 1.57 bits per heavy atom. The lowest BCUT2D eigenvalue weighted by atomic mass is 10.2. The summed E-state index contributed by atoms with van der Waals surface area (Å²) in [4.78, 5) is 21.9. The third-order valence-electron chi connectivity index (χ3n) is 1.58. The summed E-state index contributed by atoms with van der Waals surface area (Å²) < 4.78 is 4.44. The number of aromatic nitrogens is 2. The number of esters is 1. The molecule has 0 saturated carbocycles. The lowest BCUT2D eigenvalue weighted by Gasteiger charge is -1.94. The highest BCUT2D eigenvalue weighted by molar-refractivity contribution is 6.34. The topological polar surface area (TPSA) is 72.0 Å². The summed E-state index contributed by atoms with van der Waals surface area (Å²) >= 11 is 5.80. The lowest BCUT2D eigenvalue weighted by Crippen LogP contribution is -2.02. The average molecular weight is 217 g/mol. The molecule has 76 valence electrons. The van der Waals surface area contributed by atoms with Gasteiger partial charge in [0.05, 0.1) is 17.8 Å². The second kappa shape index (κ2) is 4.23. The number of Topliss-reactive ketones (excluding diaryl/α,β-unsaturated/α-hetero) is 1. The highest BCUT2D eigenvalue weighted by Crippen LogP contribution is 2.19. The number of hydrogen-bond acceptors (Lipinski definition) is 4. The number of aromatic amines is 1. The van der Waals surface area contributed by atoms with Crippen molar-refractivity contribution >= 4 is 23.4 Å². The van der Waals surface area contributed by atoms with Gasteiger partial charge in [-0.2, -0.15) is 5.10 Å². The first-order valence-corrected chi connectivity index (χ1v) is 4.24. The number of ketones is 1. The van der Waals surface area contributed by atoms with Gasteiger partial charge in [0.2, 0.25) is 0 Å². The fourth-order valence-electron chi connectivity index (χ4n) is 0.962. The van der Waals surface area contributed by atoms with E-state index in [1.807, 2.05) is 0 Å². The molecule has 0 aliphatic heterocycles. The van der Waals surface area contributed by atoms with E-state index in [1.54, 1.807) is 0 Å². The van der Waals surface area contributed by atoms with Crippen molar-refractivity contribution in [1.82, 2.24) is 10.2 Å². The van der Waals surface area contributed by atoms with Crippen LogP contribution in [0.4, 0.5) is 0 Å². The van der Waals surface area contributed by atoms with Gasteiger partial charge in [-0.05, 0) is 6.92 Å².